The van der Waals surface area contributed by atoms with Crippen LogP contribution < -0.4 is 5.32 Å². The van der Waals surface area contributed by atoms with Gasteiger partial charge in [-0.15, -0.1) is 0 Å². The largest absolute Gasteiger partial charge is 0.352 e. The normalized spacial score (nSPS) is 21.5. The quantitative estimate of drug-likeness (QED) is 0.483. The second kappa shape index (κ2) is 8.44. The number of nitro benzene ring substituents is 1. The van der Waals surface area contributed by atoms with Crippen LogP contribution in [-0.2, 0) is 0 Å². The molecule has 0 spiro atoms. The minimum absolute atomic E-state index is 0.0976. The zero-order valence-corrected chi connectivity index (χ0v) is 14.9. The molecule has 24 heavy (non-hydrogen) atoms. The van der Waals surface area contributed by atoms with Gasteiger partial charge in [-0.3, -0.25) is 14.9 Å². The summed E-state index contributed by atoms with van der Waals surface area (Å²) in [6.07, 6.45) is 2.15. The summed E-state index contributed by atoms with van der Waals surface area (Å²) >= 11 is 5.96. The summed E-state index contributed by atoms with van der Waals surface area (Å²) in [6.45, 7) is 8.31. The van der Waals surface area contributed by atoms with Crippen molar-refractivity contribution in [3.05, 3.63) is 38.9 Å². The van der Waals surface area contributed by atoms with Gasteiger partial charge in [0.05, 0.1) is 15.5 Å². The van der Waals surface area contributed by atoms with E-state index < -0.39 is 4.92 Å². The van der Waals surface area contributed by atoms with Crippen LogP contribution in [0.25, 0.3) is 0 Å². The molecule has 1 amide bonds. The Morgan fingerprint density at radius 2 is 2.04 bits per heavy atom. The molecule has 6 nitrogen and oxygen atoms in total. The number of piperidine rings is 1. The first kappa shape index (κ1) is 18.7. The van der Waals surface area contributed by atoms with Gasteiger partial charge in [0.25, 0.3) is 11.6 Å². The molecule has 0 aliphatic carbocycles. The van der Waals surface area contributed by atoms with E-state index in [-0.39, 0.29) is 22.2 Å². The van der Waals surface area contributed by atoms with Gasteiger partial charge in [-0.2, -0.15) is 0 Å². The van der Waals surface area contributed by atoms with Crippen LogP contribution >= 0.6 is 11.6 Å². The maximum absolute atomic E-state index is 12.1. The number of nitrogens with zero attached hydrogens (tertiary/aromatic N) is 2. The molecule has 2 atom stereocenters. The first-order valence-corrected chi connectivity index (χ1v) is 8.69. The van der Waals surface area contributed by atoms with E-state index in [1.807, 2.05) is 0 Å². The summed E-state index contributed by atoms with van der Waals surface area (Å²) in [4.78, 5) is 24.7. The van der Waals surface area contributed by atoms with Crippen LogP contribution in [0, 0.1) is 22.0 Å². The second-order valence-electron chi connectivity index (χ2n) is 6.74. The van der Waals surface area contributed by atoms with E-state index in [1.54, 1.807) is 0 Å². The lowest BCUT2D eigenvalue weighted by molar-refractivity contribution is -0.384. The number of non-ortho nitro benzene ring substituents is 1. The van der Waals surface area contributed by atoms with Crippen molar-refractivity contribution < 1.29 is 9.72 Å². The molecule has 0 aromatic heterocycles. The molecule has 2 rings (SSSR count). The van der Waals surface area contributed by atoms with Crippen LogP contribution in [0.4, 0.5) is 5.69 Å². The highest BCUT2D eigenvalue weighted by Crippen LogP contribution is 2.22. The number of hydrogen-bond acceptors (Lipinski definition) is 4. The van der Waals surface area contributed by atoms with E-state index >= 15 is 0 Å². The summed E-state index contributed by atoms with van der Waals surface area (Å²) in [5.41, 5.74) is 0.146. The Hall–Kier alpha value is -1.66. The Bertz CT molecular complexity index is 599. The summed E-state index contributed by atoms with van der Waals surface area (Å²) in [6, 6.07) is 3.88. The summed E-state index contributed by atoms with van der Waals surface area (Å²) in [7, 11) is 0. The highest BCUT2D eigenvalue weighted by Gasteiger charge is 2.21. The number of likely N-dealkylation sites (tertiary alicyclic amines) is 1. The number of benzene rings is 1. The Morgan fingerprint density at radius 1 is 1.38 bits per heavy atom. The lowest BCUT2D eigenvalue weighted by Crippen LogP contribution is -2.40. The van der Waals surface area contributed by atoms with Crippen molar-refractivity contribution >= 4 is 23.2 Å². The zero-order valence-electron chi connectivity index (χ0n) is 14.1. The fourth-order valence-corrected chi connectivity index (χ4v) is 3.64. The van der Waals surface area contributed by atoms with E-state index in [4.69, 9.17) is 11.6 Å². The smallest absolute Gasteiger partial charge is 0.270 e. The molecule has 1 saturated heterocycles. The topological polar surface area (TPSA) is 75.5 Å². The number of hydrogen-bond donors (Lipinski definition) is 1. The highest BCUT2D eigenvalue weighted by atomic mass is 35.5. The molecule has 1 aromatic rings. The van der Waals surface area contributed by atoms with Crippen molar-refractivity contribution in [3.63, 3.8) is 0 Å². The average Bonchev–Trinajstić information content (AvgIpc) is 2.50. The third-order valence-corrected chi connectivity index (χ3v) is 4.60. The number of carbonyl (C=O) groups excluding carboxylic acids is 1. The Labute approximate surface area is 147 Å². The summed E-state index contributed by atoms with van der Waals surface area (Å²) in [5.74, 6) is 1.15. The van der Waals surface area contributed by atoms with Crippen LogP contribution in [0.5, 0.6) is 0 Å². The van der Waals surface area contributed by atoms with Gasteiger partial charge in [0, 0.05) is 31.8 Å². The first-order valence-electron chi connectivity index (χ1n) is 8.31. The van der Waals surface area contributed by atoms with Gasteiger partial charge in [0.1, 0.15) is 0 Å². The summed E-state index contributed by atoms with van der Waals surface area (Å²) < 4.78 is 0. The van der Waals surface area contributed by atoms with Gasteiger partial charge >= 0.3 is 0 Å². The molecule has 0 saturated carbocycles. The van der Waals surface area contributed by atoms with Gasteiger partial charge in [0.15, 0.2) is 0 Å². The molecular formula is C17H24ClN3O3. The van der Waals surface area contributed by atoms with Gasteiger partial charge < -0.3 is 10.2 Å². The number of halogens is 1. The molecule has 1 fully saturated rings. The number of nitro groups is 1. The first-order chi connectivity index (χ1) is 11.4. The molecule has 1 N–H and O–H groups in total. The van der Waals surface area contributed by atoms with Crippen LogP contribution in [0.1, 0.15) is 37.0 Å². The van der Waals surface area contributed by atoms with Gasteiger partial charge in [-0.05, 0) is 37.3 Å². The molecule has 1 aliphatic heterocycles. The lowest BCUT2D eigenvalue weighted by Gasteiger charge is -2.34. The highest BCUT2D eigenvalue weighted by molar-refractivity contribution is 6.34. The van der Waals surface area contributed by atoms with Crippen molar-refractivity contribution in [2.75, 3.05) is 26.2 Å². The predicted molar refractivity (Wildman–Crippen MR) is 94.4 cm³/mol. The molecule has 132 valence electrons. The van der Waals surface area contributed by atoms with Gasteiger partial charge in [0.2, 0.25) is 0 Å². The third kappa shape index (κ3) is 5.18. The Morgan fingerprint density at radius 3 is 2.62 bits per heavy atom. The zero-order chi connectivity index (χ0) is 17.7. The third-order valence-electron chi connectivity index (χ3n) is 4.29. The van der Waals surface area contributed by atoms with E-state index in [9.17, 15) is 14.9 Å². The van der Waals surface area contributed by atoms with Crippen LogP contribution in [0.3, 0.4) is 0 Å². The second-order valence-corrected chi connectivity index (χ2v) is 7.14. The van der Waals surface area contributed by atoms with Crippen LogP contribution in [0.15, 0.2) is 18.2 Å². The maximum atomic E-state index is 12.1. The predicted octanol–water partition coefficient (Wildman–Crippen LogP) is 3.35. The fraction of sp³-hybridized carbons (Fsp3) is 0.588. The monoisotopic (exact) mass is 353 g/mol. The number of carbonyl (C=O) groups is 1. The van der Waals surface area contributed by atoms with Crippen LogP contribution in [0.2, 0.25) is 5.02 Å². The van der Waals surface area contributed by atoms with Crippen molar-refractivity contribution in [2.24, 2.45) is 11.8 Å². The molecule has 1 aromatic carbocycles. The van der Waals surface area contributed by atoms with Crippen molar-refractivity contribution in [3.8, 4) is 0 Å². The summed E-state index contributed by atoms with van der Waals surface area (Å²) in [5, 5.41) is 13.6. The maximum Gasteiger partial charge on any atom is 0.270 e. The molecule has 1 heterocycles. The molecule has 0 unspecified atom stereocenters. The van der Waals surface area contributed by atoms with Crippen molar-refractivity contribution in [1.29, 1.82) is 0 Å². The molecule has 7 heteroatoms. The minimum Gasteiger partial charge on any atom is -0.352 e. The fourth-order valence-electron chi connectivity index (χ4n) is 3.38. The SMILES string of the molecule is C[C@@H]1C[C@H](C)CN(CCCNC(=O)c2ccc([N+](=O)[O-])cc2Cl)C1. The Kier molecular flexibility index (Phi) is 6.57. The molecule has 1 aliphatic rings. The molecule has 0 radical (unpaired) electrons. The molecule has 0 bridgehead atoms. The lowest BCUT2D eigenvalue weighted by atomic mass is 9.92. The van der Waals surface area contributed by atoms with Crippen molar-refractivity contribution in [1.82, 2.24) is 10.2 Å². The standard InChI is InChI=1S/C17H24ClN3O3/c1-12-8-13(2)11-20(10-12)7-3-6-19-17(22)15-5-4-14(21(23)24)9-16(15)18/h4-5,9,12-13H,3,6-8,10-11H2,1-2H3,(H,19,22)/t12-,13+. The van der Waals surface area contributed by atoms with E-state index in [2.05, 4.69) is 24.1 Å². The number of amides is 1. The van der Waals surface area contributed by atoms with E-state index in [0.717, 1.165) is 37.9 Å². The van der Waals surface area contributed by atoms with Crippen molar-refractivity contribution in [2.45, 2.75) is 26.7 Å². The van der Waals surface area contributed by atoms with E-state index in [0.29, 0.717) is 6.54 Å². The van der Waals surface area contributed by atoms with E-state index in [1.165, 1.54) is 24.6 Å². The number of rotatable bonds is 6. The van der Waals surface area contributed by atoms with Crippen LogP contribution in [-0.4, -0.2) is 41.9 Å². The minimum atomic E-state index is -0.534. The van der Waals surface area contributed by atoms with Gasteiger partial charge in [-0.1, -0.05) is 25.4 Å². The number of nitrogens with one attached hydrogen (secondary N) is 1. The molecular weight excluding hydrogens is 330 g/mol. The Balaban J connectivity index is 1.78. The van der Waals surface area contributed by atoms with Gasteiger partial charge in [-0.25, -0.2) is 0 Å². The average molecular weight is 354 g/mol.